The van der Waals surface area contributed by atoms with Crippen molar-refractivity contribution in [2.75, 3.05) is 0 Å². The lowest BCUT2D eigenvalue weighted by atomic mass is 9.93. The van der Waals surface area contributed by atoms with Gasteiger partial charge in [-0.25, -0.2) is 9.98 Å². The molecule has 0 unspecified atom stereocenters. The van der Waals surface area contributed by atoms with Crippen molar-refractivity contribution in [1.82, 2.24) is 9.80 Å². The van der Waals surface area contributed by atoms with Crippen LogP contribution in [0.2, 0.25) is 0 Å². The third-order valence-corrected chi connectivity index (χ3v) is 11.4. The Morgan fingerprint density at radius 3 is 1.15 bits per heavy atom. The quantitative estimate of drug-likeness (QED) is 0.136. The molecule has 1 aromatic rings. The number of nitrogens with zero attached hydrogens (tertiary/aromatic N) is 6. The maximum atomic E-state index is 14.6. The topological polar surface area (TPSA) is 109 Å². The largest absolute Gasteiger partial charge is 0.325 e. The Morgan fingerprint density at radius 1 is 0.538 bits per heavy atom. The predicted molar refractivity (Wildman–Crippen MR) is 210 cm³/mol. The Labute approximate surface area is 312 Å². The van der Waals surface area contributed by atoms with E-state index in [1.54, 1.807) is 34.1 Å². The zero-order valence-corrected chi connectivity index (χ0v) is 32.5. The third kappa shape index (κ3) is 11.2. The highest BCUT2D eigenvalue weighted by Crippen LogP contribution is 2.30. The highest BCUT2D eigenvalue weighted by atomic mass is 16.7. The average Bonchev–Trinajstić information content (AvgIpc) is 3.20. The van der Waals surface area contributed by atoms with Gasteiger partial charge in [-0.1, -0.05) is 101 Å². The van der Waals surface area contributed by atoms with Gasteiger partial charge in [-0.2, -0.15) is 0 Å². The van der Waals surface area contributed by atoms with E-state index in [0.29, 0.717) is 23.2 Å². The molecule has 4 fully saturated rings. The molecule has 0 heterocycles. The van der Waals surface area contributed by atoms with Crippen LogP contribution in [0, 0.1) is 0 Å². The second-order valence-electron chi connectivity index (χ2n) is 15.5. The summed E-state index contributed by atoms with van der Waals surface area (Å²) in [5.41, 5.74) is 2.70. The van der Waals surface area contributed by atoms with Gasteiger partial charge in [-0.05, 0) is 102 Å². The van der Waals surface area contributed by atoms with E-state index in [1.165, 1.54) is 12.8 Å². The first-order valence-electron chi connectivity index (χ1n) is 20.7. The molecule has 2 amide bonds. The third-order valence-electron chi connectivity index (χ3n) is 11.4. The number of hydrogen-bond acceptors (Lipinski definition) is 8. The molecule has 1 aromatic carbocycles. The molecule has 10 heteroatoms. The van der Waals surface area contributed by atoms with Crippen molar-refractivity contribution in [3.63, 3.8) is 0 Å². The number of amides is 2. The lowest BCUT2D eigenvalue weighted by Gasteiger charge is -2.34. The highest BCUT2D eigenvalue weighted by Gasteiger charge is 2.35. The van der Waals surface area contributed by atoms with E-state index in [0.717, 1.165) is 140 Å². The first-order chi connectivity index (χ1) is 25.4. The molecular formula is C42H64N6O4. The minimum Gasteiger partial charge on any atom is -0.317 e. The van der Waals surface area contributed by atoms with E-state index in [9.17, 15) is 9.59 Å². The monoisotopic (exact) mass is 716 g/mol. The summed E-state index contributed by atoms with van der Waals surface area (Å²) in [5.74, 6) is -0.331. The van der Waals surface area contributed by atoms with Crippen LogP contribution in [0.1, 0.15) is 190 Å². The lowest BCUT2D eigenvalue weighted by Crippen LogP contribution is -2.47. The summed E-state index contributed by atoms with van der Waals surface area (Å²) in [7, 11) is 0. The van der Waals surface area contributed by atoms with Gasteiger partial charge in [0, 0.05) is 23.2 Å². The summed E-state index contributed by atoms with van der Waals surface area (Å²) in [5, 5.41) is 8.80. The molecule has 10 nitrogen and oxygen atoms in total. The van der Waals surface area contributed by atoms with Crippen LogP contribution >= 0.6 is 0 Å². The number of carbonyl (C=O) groups excluding carboxylic acids is 2. The van der Waals surface area contributed by atoms with Crippen molar-refractivity contribution in [2.24, 2.45) is 20.3 Å². The minimum absolute atomic E-state index is 0.0216. The van der Waals surface area contributed by atoms with Crippen LogP contribution in [0.15, 0.2) is 44.6 Å². The van der Waals surface area contributed by atoms with Gasteiger partial charge in [0.2, 0.25) is 0 Å². The van der Waals surface area contributed by atoms with Crippen LogP contribution in [0.4, 0.5) is 0 Å². The second-order valence-corrected chi connectivity index (χ2v) is 15.5. The smallest absolute Gasteiger partial charge is 0.317 e. The summed E-state index contributed by atoms with van der Waals surface area (Å²) < 4.78 is 0. The van der Waals surface area contributed by atoms with Gasteiger partial charge in [-0.3, -0.25) is 19.4 Å². The summed E-state index contributed by atoms with van der Waals surface area (Å²) in [4.78, 5) is 55.1. The average molecular weight is 717 g/mol. The predicted octanol–water partition coefficient (Wildman–Crippen LogP) is 10.2. The van der Waals surface area contributed by atoms with Crippen molar-refractivity contribution in [1.29, 1.82) is 0 Å². The van der Waals surface area contributed by atoms with Crippen molar-refractivity contribution in [3.8, 4) is 0 Å². The summed E-state index contributed by atoms with van der Waals surface area (Å²) in [6.45, 7) is 7.95. The second kappa shape index (κ2) is 20.6. The molecule has 4 saturated carbocycles. The molecule has 52 heavy (non-hydrogen) atoms. The fourth-order valence-electron chi connectivity index (χ4n) is 7.89. The van der Waals surface area contributed by atoms with Crippen LogP contribution in [-0.2, 0) is 9.68 Å². The van der Waals surface area contributed by atoms with Crippen molar-refractivity contribution in [3.05, 3.63) is 35.4 Å². The number of hydrogen-bond donors (Lipinski definition) is 0. The van der Waals surface area contributed by atoms with E-state index >= 15 is 0 Å². The molecule has 0 atom stereocenters. The summed E-state index contributed by atoms with van der Waals surface area (Å²) in [6, 6.07) is 7.92. The van der Waals surface area contributed by atoms with E-state index in [-0.39, 0.29) is 36.0 Å². The van der Waals surface area contributed by atoms with Crippen molar-refractivity contribution in [2.45, 2.75) is 193 Å². The molecule has 0 bridgehead atoms. The van der Waals surface area contributed by atoms with Gasteiger partial charge >= 0.3 is 12.0 Å². The fraction of sp³-hybridized carbons (Fsp3) is 0.714. The van der Waals surface area contributed by atoms with E-state index < -0.39 is 0 Å². The van der Waals surface area contributed by atoms with Gasteiger partial charge in [0.1, 0.15) is 0 Å². The van der Waals surface area contributed by atoms with Gasteiger partial charge < -0.3 is 9.68 Å². The van der Waals surface area contributed by atoms with Gasteiger partial charge in [0.25, 0.3) is 11.8 Å². The van der Waals surface area contributed by atoms with Gasteiger partial charge in [0.15, 0.2) is 0 Å². The number of aliphatic imine (C=N–C) groups is 2. The molecule has 0 radical (unpaired) electrons. The summed E-state index contributed by atoms with van der Waals surface area (Å²) in [6.07, 6.45) is 22.6. The Kier molecular flexibility index (Phi) is 15.7. The Morgan fingerprint density at radius 2 is 0.846 bits per heavy atom. The molecule has 0 spiro atoms. The Bertz CT molecular complexity index is 1310. The number of carbonyl (C=O) groups is 2. The van der Waals surface area contributed by atoms with E-state index in [2.05, 4.69) is 10.3 Å². The zero-order valence-electron chi connectivity index (χ0n) is 32.5. The molecule has 0 aromatic heterocycles. The minimum atomic E-state index is -0.166. The number of oxime groups is 2. The van der Waals surface area contributed by atoms with Gasteiger partial charge in [0.05, 0.1) is 23.5 Å². The molecule has 0 saturated heterocycles. The molecule has 5 rings (SSSR count). The van der Waals surface area contributed by atoms with Crippen molar-refractivity contribution >= 4 is 35.3 Å². The first-order valence-corrected chi connectivity index (χ1v) is 20.7. The van der Waals surface area contributed by atoms with Crippen molar-refractivity contribution < 1.29 is 19.3 Å². The number of benzene rings is 1. The number of amidine groups is 2. The molecule has 4 aliphatic rings. The normalized spacial score (nSPS) is 21.2. The standard InChI is InChI=1S/C42H64N6O4/c1-5-31(3)45-51-41(43-35-19-11-7-12-20-35)47(37-23-15-9-16-24-37)39(49)33-27-29-34(30-28-33)40(50)48(38-25-17-10-18-26-38)42(52-46-32(4)6-2)44-36-21-13-8-14-22-36/h27-30,35-38H,5-26H2,1-4H3/b43-41?,44-42?,45-31+,46-32+. The van der Waals surface area contributed by atoms with Crippen LogP contribution in [0.3, 0.4) is 0 Å². The first kappa shape index (κ1) is 39.6. The molecule has 0 aliphatic heterocycles. The SMILES string of the molecule is CC/C(C)=N/OC(=NC1CCCCC1)N(C(=O)c1ccc(C(=O)N(C(=NC2CCCCC2)O/N=C(\C)CC)C2CCCCC2)cc1)C1CCCCC1. The van der Waals surface area contributed by atoms with Crippen LogP contribution in [0.5, 0.6) is 0 Å². The van der Waals surface area contributed by atoms with Crippen LogP contribution < -0.4 is 0 Å². The Hall–Kier alpha value is -3.56. The summed E-state index contributed by atoms with van der Waals surface area (Å²) >= 11 is 0. The molecule has 286 valence electrons. The van der Waals surface area contributed by atoms with E-state index in [1.807, 2.05) is 27.7 Å². The highest BCUT2D eigenvalue weighted by molar-refractivity contribution is 6.07. The number of rotatable bonds is 10. The fourth-order valence-corrected chi connectivity index (χ4v) is 7.89. The Balaban J connectivity index is 1.46. The molecular weight excluding hydrogens is 652 g/mol. The van der Waals surface area contributed by atoms with Crippen LogP contribution in [-0.4, -0.2) is 69.2 Å². The zero-order chi connectivity index (χ0) is 36.7. The van der Waals surface area contributed by atoms with Crippen LogP contribution in [0.25, 0.3) is 0 Å². The molecule has 4 aliphatic carbocycles. The maximum Gasteiger partial charge on any atom is 0.325 e. The van der Waals surface area contributed by atoms with E-state index in [4.69, 9.17) is 19.7 Å². The maximum absolute atomic E-state index is 14.6. The molecule has 0 N–H and O–H groups in total. The lowest BCUT2D eigenvalue weighted by molar-refractivity contribution is 0.0701. The van der Waals surface area contributed by atoms with Gasteiger partial charge in [-0.15, -0.1) is 0 Å².